The van der Waals surface area contributed by atoms with Gasteiger partial charge in [-0.15, -0.1) is 11.8 Å². The lowest BCUT2D eigenvalue weighted by Crippen LogP contribution is -2.50. The quantitative estimate of drug-likeness (QED) is 0.520. The third-order valence-corrected chi connectivity index (χ3v) is 7.62. The van der Waals surface area contributed by atoms with Crippen molar-refractivity contribution in [2.24, 2.45) is 0 Å². The van der Waals surface area contributed by atoms with E-state index in [0.29, 0.717) is 29.4 Å². The van der Waals surface area contributed by atoms with Gasteiger partial charge < -0.3 is 9.80 Å². The molecule has 162 valence electrons. The molecule has 2 aliphatic rings. The number of aryl methyl sites for hydroxylation is 1. The third kappa shape index (κ3) is 3.21. The van der Waals surface area contributed by atoms with Crippen molar-refractivity contribution in [1.29, 1.82) is 0 Å². The summed E-state index contributed by atoms with van der Waals surface area (Å²) in [6.45, 7) is 2.73. The van der Waals surface area contributed by atoms with E-state index in [9.17, 15) is 14.0 Å². The maximum atomic E-state index is 14.5. The fourth-order valence-electron chi connectivity index (χ4n) is 4.40. The second-order valence-corrected chi connectivity index (χ2v) is 9.69. The molecule has 0 saturated carbocycles. The molecule has 0 aliphatic carbocycles. The van der Waals surface area contributed by atoms with Crippen LogP contribution in [-0.2, 0) is 16.2 Å². The summed E-state index contributed by atoms with van der Waals surface area (Å²) < 4.78 is 14.5. The molecule has 1 atom stereocenters. The minimum Gasteiger partial charge on any atom is -0.311 e. The van der Waals surface area contributed by atoms with Crippen molar-refractivity contribution in [2.45, 2.75) is 18.3 Å². The average Bonchev–Trinajstić information content (AvgIpc) is 3.32. The molecule has 7 heteroatoms. The van der Waals surface area contributed by atoms with E-state index in [1.54, 1.807) is 29.2 Å². The van der Waals surface area contributed by atoms with Crippen LogP contribution in [-0.4, -0.2) is 29.0 Å². The van der Waals surface area contributed by atoms with Crippen molar-refractivity contribution in [3.05, 3.63) is 99.8 Å². The van der Waals surface area contributed by atoms with Gasteiger partial charge in [-0.2, -0.15) is 0 Å². The van der Waals surface area contributed by atoms with E-state index < -0.39 is 16.6 Å². The lowest BCUT2D eigenvalue weighted by Gasteiger charge is -2.33. The van der Waals surface area contributed by atoms with Crippen LogP contribution in [0.4, 0.5) is 10.1 Å². The molecule has 1 saturated heterocycles. The summed E-state index contributed by atoms with van der Waals surface area (Å²) in [6, 6.07) is 19.2. The number of nitrogens with zero attached hydrogens (tertiary/aromatic N) is 2. The van der Waals surface area contributed by atoms with Crippen molar-refractivity contribution < 1.29 is 14.0 Å². The molecule has 0 bridgehead atoms. The Labute approximate surface area is 195 Å². The Morgan fingerprint density at radius 1 is 1.12 bits per heavy atom. The van der Waals surface area contributed by atoms with Gasteiger partial charge >= 0.3 is 0 Å². The zero-order chi connectivity index (χ0) is 22.5. The maximum Gasteiger partial charge on any atom is 0.268 e. The van der Waals surface area contributed by atoms with E-state index in [2.05, 4.69) is 0 Å². The van der Waals surface area contributed by atoms with E-state index in [1.807, 2.05) is 37.3 Å². The molecule has 0 N–H and O–H groups in total. The van der Waals surface area contributed by atoms with Crippen LogP contribution in [0.25, 0.3) is 0 Å². The Balaban J connectivity index is 1.60. The number of benzene rings is 3. The first-order valence-electron chi connectivity index (χ1n) is 10.3. The summed E-state index contributed by atoms with van der Waals surface area (Å²) in [5.74, 6) is -0.735. The van der Waals surface area contributed by atoms with Gasteiger partial charge in [0.2, 0.25) is 0 Å². The monoisotopic (exact) mass is 466 g/mol. The van der Waals surface area contributed by atoms with Crippen LogP contribution in [0.3, 0.4) is 0 Å². The molecule has 3 aromatic rings. The summed E-state index contributed by atoms with van der Waals surface area (Å²) in [7, 11) is 0. The van der Waals surface area contributed by atoms with Crippen LogP contribution >= 0.6 is 23.4 Å². The Morgan fingerprint density at radius 3 is 2.62 bits per heavy atom. The second kappa shape index (κ2) is 7.94. The van der Waals surface area contributed by atoms with Crippen LogP contribution in [0, 0.1) is 12.7 Å². The summed E-state index contributed by atoms with van der Waals surface area (Å²) in [4.78, 5) is 29.4. The molecule has 0 aromatic heterocycles. The van der Waals surface area contributed by atoms with Gasteiger partial charge in [0.1, 0.15) is 5.82 Å². The predicted molar refractivity (Wildman–Crippen MR) is 125 cm³/mol. The smallest absolute Gasteiger partial charge is 0.268 e. The minimum atomic E-state index is -1.26. The van der Waals surface area contributed by atoms with Crippen LogP contribution in [0.5, 0.6) is 0 Å². The highest BCUT2D eigenvalue weighted by Gasteiger charge is 2.59. The number of amides is 2. The molecule has 1 spiro atoms. The number of halogens is 2. The van der Waals surface area contributed by atoms with Crippen molar-refractivity contribution >= 4 is 40.9 Å². The van der Waals surface area contributed by atoms with E-state index in [-0.39, 0.29) is 11.5 Å². The normalized spacial score (nSPS) is 19.7. The molecule has 2 heterocycles. The number of anilines is 1. The van der Waals surface area contributed by atoms with Crippen molar-refractivity contribution in [2.75, 3.05) is 17.2 Å². The van der Waals surface area contributed by atoms with E-state index in [1.165, 1.54) is 28.8 Å². The lowest BCUT2D eigenvalue weighted by atomic mass is 10.0. The van der Waals surface area contributed by atoms with Gasteiger partial charge in [0.05, 0.1) is 17.8 Å². The number of fused-ring (bicyclic) bond motifs is 2. The van der Waals surface area contributed by atoms with E-state index in [0.717, 1.165) is 16.8 Å². The summed E-state index contributed by atoms with van der Waals surface area (Å²) >= 11 is 7.72. The summed E-state index contributed by atoms with van der Waals surface area (Å²) in [5.41, 5.74) is 3.48. The molecular weight excluding hydrogens is 447 g/mol. The molecule has 1 fully saturated rings. The number of carbonyl (C=O) groups excluding carboxylic acids is 2. The fourth-order valence-corrected chi connectivity index (χ4v) is 6.02. The van der Waals surface area contributed by atoms with Crippen molar-refractivity contribution in [3.63, 3.8) is 0 Å². The highest BCUT2D eigenvalue weighted by molar-refractivity contribution is 8.01. The van der Waals surface area contributed by atoms with Crippen molar-refractivity contribution in [1.82, 2.24) is 4.90 Å². The standard InChI is InChI=1S/C25H20ClFN2O2S/c1-16-6-8-17(9-7-16)15-28-22-11-10-18(26)14-20(22)25(24(28)31)29(12-13-32-25)23(30)19-4-2-3-5-21(19)27/h2-11,14H,12-13,15H2,1H3. The molecule has 32 heavy (non-hydrogen) atoms. The Morgan fingerprint density at radius 2 is 1.88 bits per heavy atom. The molecule has 1 unspecified atom stereocenters. The second-order valence-electron chi connectivity index (χ2n) is 7.97. The molecule has 2 aliphatic heterocycles. The Bertz CT molecular complexity index is 1230. The molecule has 0 radical (unpaired) electrons. The van der Waals surface area contributed by atoms with Gasteiger partial charge in [-0.3, -0.25) is 9.59 Å². The number of hydrogen-bond acceptors (Lipinski definition) is 3. The average molecular weight is 467 g/mol. The molecule has 2 amide bonds. The number of rotatable bonds is 3. The van der Waals surface area contributed by atoms with Gasteiger partial charge in [-0.05, 0) is 42.8 Å². The minimum absolute atomic E-state index is 0.0391. The highest BCUT2D eigenvalue weighted by atomic mass is 35.5. The molecule has 4 nitrogen and oxygen atoms in total. The van der Waals surface area contributed by atoms with Gasteiger partial charge in [-0.25, -0.2) is 4.39 Å². The predicted octanol–water partition coefficient (Wildman–Crippen LogP) is 5.38. The molecular formula is C25H20ClFN2O2S. The van der Waals surface area contributed by atoms with Crippen molar-refractivity contribution in [3.8, 4) is 0 Å². The van der Waals surface area contributed by atoms with Crippen LogP contribution in [0.1, 0.15) is 27.0 Å². The fraction of sp³-hybridized carbons (Fsp3) is 0.200. The van der Waals surface area contributed by atoms with Crippen LogP contribution in [0.2, 0.25) is 5.02 Å². The van der Waals surface area contributed by atoms with Gasteiger partial charge in [-0.1, -0.05) is 53.6 Å². The van der Waals surface area contributed by atoms with Gasteiger partial charge in [0, 0.05) is 22.9 Å². The Kier molecular flexibility index (Phi) is 5.22. The SMILES string of the molecule is Cc1ccc(CN2C(=O)C3(SCCN3C(=O)c3ccccc3F)c3cc(Cl)ccc32)cc1. The third-order valence-electron chi connectivity index (χ3n) is 5.97. The first-order chi connectivity index (χ1) is 15.4. The molecule has 5 rings (SSSR count). The van der Waals surface area contributed by atoms with Crippen LogP contribution in [0.15, 0.2) is 66.7 Å². The zero-order valence-electron chi connectivity index (χ0n) is 17.3. The van der Waals surface area contributed by atoms with Gasteiger partial charge in [0.25, 0.3) is 11.8 Å². The van der Waals surface area contributed by atoms with E-state index >= 15 is 0 Å². The van der Waals surface area contributed by atoms with Gasteiger partial charge in [0.15, 0.2) is 4.87 Å². The number of thioether (sulfide) groups is 1. The highest BCUT2D eigenvalue weighted by Crippen LogP contribution is 2.55. The maximum absolute atomic E-state index is 14.5. The first kappa shape index (κ1) is 21.0. The lowest BCUT2D eigenvalue weighted by molar-refractivity contribution is -0.123. The largest absolute Gasteiger partial charge is 0.311 e. The zero-order valence-corrected chi connectivity index (χ0v) is 18.9. The summed E-state index contributed by atoms with van der Waals surface area (Å²) in [5, 5.41) is 0.485. The topological polar surface area (TPSA) is 40.6 Å². The Hall–Kier alpha value is -2.83. The molecule has 3 aromatic carbocycles. The van der Waals surface area contributed by atoms with E-state index in [4.69, 9.17) is 11.6 Å². The number of hydrogen-bond donors (Lipinski definition) is 0. The van der Waals surface area contributed by atoms with Crippen LogP contribution < -0.4 is 4.90 Å². The summed E-state index contributed by atoms with van der Waals surface area (Å²) in [6.07, 6.45) is 0. The number of carbonyl (C=O) groups is 2. The first-order valence-corrected chi connectivity index (χ1v) is 11.7.